The molecule has 0 spiro atoms. The van der Waals surface area contributed by atoms with Gasteiger partial charge in [0.1, 0.15) is 5.75 Å². The summed E-state index contributed by atoms with van der Waals surface area (Å²) in [5.74, 6) is 0.632. The number of nitrogens with zero attached hydrogens (tertiary/aromatic N) is 1. The molecule has 1 aromatic heterocycles. The zero-order valence-corrected chi connectivity index (χ0v) is 16.8. The molecule has 1 aliphatic rings. The number of fused-ring (bicyclic) bond motifs is 1. The minimum Gasteiger partial charge on any atom is -0.493 e. The minimum absolute atomic E-state index is 0.000134. The van der Waals surface area contributed by atoms with E-state index in [2.05, 4.69) is 4.98 Å². The fourth-order valence-corrected chi connectivity index (χ4v) is 4.88. The molecule has 152 valence electrons. The van der Waals surface area contributed by atoms with E-state index >= 15 is 0 Å². The molecule has 3 aromatic rings. The number of hydrogen-bond acceptors (Lipinski definition) is 6. The molecule has 4 rings (SSSR count). The molecule has 2 aromatic carbocycles. The lowest BCUT2D eigenvalue weighted by Crippen LogP contribution is -2.09. The predicted molar refractivity (Wildman–Crippen MR) is 107 cm³/mol. The number of aromatic nitrogens is 1. The quantitative estimate of drug-likeness (QED) is 0.572. The zero-order valence-electron chi connectivity index (χ0n) is 16.0. The van der Waals surface area contributed by atoms with Crippen LogP contribution in [0.4, 0.5) is 4.39 Å². The van der Waals surface area contributed by atoms with Crippen LogP contribution >= 0.6 is 0 Å². The highest BCUT2D eigenvalue weighted by Crippen LogP contribution is 2.37. The molecule has 0 aliphatic heterocycles. The fourth-order valence-electron chi connectivity index (χ4n) is 3.15. The molecule has 0 unspecified atom stereocenters. The summed E-state index contributed by atoms with van der Waals surface area (Å²) in [7, 11) is -0.159. The van der Waals surface area contributed by atoms with E-state index in [-0.39, 0.29) is 16.8 Å². The maximum absolute atomic E-state index is 14.6. The lowest BCUT2D eigenvalue weighted by atomic mass is 10.1. The molecule has 1 aliphatic carbocycles. The Morgan fingerprint density at radius 1 is 1.00 bits per heavy atom. The lowest BCUT2D eigenvalue weighted by Gasteiger charge is -2.13. The number of pyridine rings is 1. The molecule has 0 N–H and O–H groups in total. The number of ether oxygens (including phenoxy) is 3. The average molecular weight is 417 g/mol. The molecule has 0 atom stereocenters. The molecule has 29 heavy (non-hydrogen) atoms. The lowest BCUT2D eigenvalue weighted by molar-refractivity contribution is 0.355. The molecule has 0 radical (unpaired) electrons. The van der Waals surface area contributed by atoms with Crippen molar-refractivity contribution >= 4 is 20.7 Å². The van der Waals surface area contributed by atoms with E-state index in [4.69, 9.17) is 14.2 Å². The SMILES string of the molecule is COc1cc2nccc(Oc3ccc(CS(=O)(=O)C4CC4)cc3F)c2cc1OC. The second-order valence-electron chi connectivity index (χ2n) is 6.91. The van der Waals surface area contributed by atoms with Gasteiger partial charge in [-0.05, 0) is 42.7 Å². The largest absolute Gasteiger partial charge is 0.493 e. The summed E-state index contributed by atoms with van der Waals surface area (Å²) in [4.78, 5) is 4.29. The molecular formula is C21H20FNO5S. The van der Waals surface area contributed by atoms with Gasteiger partial charge < -0.3 is 14.2 Å². The van der Waals surface area contributed by atoms with E-state index in [0.717, 1.165) is 0 Å². The second-order valence-corrected chi connectivity index (χ2v) is 9.19. The van der Waals surface area contributed by atoms with Gasteiger partial charge in [-0.15, -0.1) is 0 Å². The highest BCUT2D eigenvalue weighted by Gasteiger charge is 2.35. The number of rotatable bonds is 7. The van der Waals surface area contributed by atoms with Crippen LogP contribution in [0.25, 0.3) is 10.9 Å². The summed E-state index contributed by atoms with van der Waals surface area (Å²) in [6, 6.07) is 9.28. The summed E-state index contributed by atoms with van der Waals surface area (Å²) in [5.41, 5.74) is 1.01. The van der Waals surface area contributed by atoms with Crippen LogP contribution in [0.3, 0.4) is 0 Å². The maximum Gasteiger partial charge on any atom is 0.166 e. The van der Waals surface area contributed by atoms with Crippen LogP contribution in [0.5, 0.6) is 23.0 Å². The number of benzene rings is 2. The Morgan fingerprint density at radius 3 is 2.38 bits per heavy atom. The van der Waals surface area contributed by atoms with Crippen LogP contribution in [0.15, 0.2) is 42.6 Å². The van der Waals surface area contributed by atoms with Crippen molar-refractivity contribution in [1.82, 2.24) is 4.98 Å². The molecule has 6 nitrogen and oxygen atoms in total. The van der Waals surface area contributed by atoms with Gasteiger partial charge in [-0.1, -0.05) is 6.07 Å². The van der Waals surface area contributed by atoms with Crippen LogP contribution in [0.2, 0.25) is 0 Å². The number of methoxy groups -OCH3 is 2. The molecule has 0 saturated heterocycles. The van der Waals surface area contributed by atoms with Gasteiger partial charge >= 0.3 is 0 Å². The molecule has 1 fully saturated rings. The van der Waals surface area contributed by atoms with Crippen molar-refractivity contribution in [2.24, 2.45) is 0 Å². The van der Waals surface area contributed by atoms with Crippen molar-refractivity contribution in [3.05, 3.63) is 54.0 Å². The standard InChI is InChI=1S/C21H20FNO5S/c1-26-20-10-15-17(11-21(20)27-2)23-8-7-18(15)28-19-6-3-13(9-16(19)22)12-29(24,25)14-4-5-14/h3,6-11,14H,4-5,12H2,1-2H3. The minimum atomic E-state index is -3.21. The van der Waals surface area contributed by atoms with Crippen LogP contribution < -0.4 is 14.2 Å². The van der Waals surface area contributed by atoms with E-state index in [1.54, 1.807) is 30.5 Å². The van der Waals surface area contributed by atoms with Crippen molar-refractivity contribution in [2.75, 3.05) is 14.2 Å². The zero-order chi connectivity index (χ0) is 20.6. The Morgan fingerprint density at radius 2 is 1.72 bits per heavy atom. The van der Waals surface area contributed by atoms with Gasteiger partial charge in [0, 0.05) is 17.6 Å². The molecule has 0 bridgehead atoms. The number of sulfone groups is 1. The first-order chi connectivity index (χ1) is 13.9. The fraction of sp³-hybridized carbons (Fsp3) is 0.286. The third-order valence-electron chi connectivity index (χ3n) is 4.82. The van der Waals surface area contributed by atoms with Gasteiger partial charge in [-0.3, -0.25) is 4.98 Å². The topological polar surface area (TPSA) is 74.7 Å². The third kappa shape index (κ3) is 3.98. The Bertz CT molecular complexity index is 1180. The van der Waals surface area contributed by atoms with Crippen molar-refractivity contribution in [3.63, 3.8) is 0 Å². The van der Waals surface area contributed by atoms with Gasteiger partial charge in [0.05, 0.1) is 30.7 Å². The van der Waals surface area contributed by atoms with E-state index < -0.39 is 15.7 Å². The third-order valence-corrected chi connectivity index (χ3v) is 7.05. The summed E-state index contributed by atoms with van der Waals surface area (Å²) in [6.07, 6.45) is 2.93. The van der Waals surface area contributed by atoms with E-state index in [9.17, 15) is 12.8 Å². The predicted octanol–water partition coefficient (Wildman–Crippen LogP) is 4.26. The van der Waals surface area contributed by atoms with E-state index in [0.29, 0.717) is 46.6 Å². The van der Waals surface area contributed by atoms with Gasteiger partial charge in [0.2, 0.25) is 0 Å². The highest BCUT2D eigenvalue weighted by atomic mass is 32.2. The highest BCUT2D eigenvalue weighted by molar-refractivity contribution is 7.91. The van der Waals surface area contributed by atoms with E-state index in [1.165, 1.54) is 26.4 Å². The van der Waals surface area contributed by atoms with Crippen molar-refractivity contribution < 1.29 is 27.0 Å². The van der Waals surface area contributed by atoms with Crippen LogP contribution in [0, 0.1) is 5.82 Å². The first-order valence-electron chi connectivity index (χ1n) is 9.10. The maximum atomic E-state index is 14.6. The summed E-state index contributed by atoms with van der Waals surface area (Å²) in [6.45, 7) is 0. The summed E-state index contributed by atoms with van der Waals surface area (Å²) < 4.78 is 55.2. The van der Waals surface area contributed by atoms with Gasteiger partial charge in [0.15, 0.2) is 32.9 Å². The van der Waals surface area contributed by atoms with Crippen molar-refractivity contribution in [2.45, 2.75) is 23.8 Å². The Balaban J connectivity index is 1.64. The van der Waals surface area contributed by atoms with Gasteiger partial charge in [-0.25, -0.2) is 12.8 Å². The van der Waals surface area contributed by atoms with Crippen LogP contribution in [0.1, 0.15) is 18.4 Å². The van der Waals surface area contributed by atoms with Crippen LogP contribution in [-0.2, 0) is 15.6 Å². The molecule has 1 saturated carbocycles. The smallest absolute Gasteiger partial charge is 0.166 e. The average Bonchev–Trinajstić information content (AvgIpc) is 3.55. The molecular weight excluding hydrogens is 397 g/mol. The molecule has 8 heteroatoms. The van der Waals surface area contributed by atoms with Gasteiger partial charge in [0.25, 0.3) is 0 Å². The molecule has 0 amide bonds. The second kappa shape index (κ2) is 7.51. The number of hydrogen-bond donors (Lipinski definition) is 0. The van der Waals surface area contributed by atoms with E-state index in [1.807, 2.05) is 0 Å². The Kier molecular flexibility index (Phi) is 5.04. The monoisotopic (exact) mass is 417 g/mol. The van der Waals surface area contributed by atoms with Crippen LogP contribution in [-0.4, -0.2) is 32.9 Å². The van der Waals surface area contributed by atoms with Crippen molar-refractivity contribution in [1.29, 1.82) is 0 Å². The first-order valence-corrected chi connectivity index (χ1v) is 10.8. The normalized spacial score (nSPS) is 14.0. The summed E-state index contributed by atoms with van der Waals surface area (Å²) >= 11 is 0. The van der Waals surface area contributed by atoms with Crippen molar-refractivity contribution in [3.8, 4) is 23.0 Å². The first kappa shape index (κ1) is 19.4. The molecule has 1 heterocycles. The summed E-state index contributed by atoms with van der Waals surface area (Å²) in [5, 5.41) is 0.349. The Labute approximate surface area is 168 Å². The Hall–Kier alpha value is -2.87. The number of halogens is 1. The van der Waals surface area contributed by atoms with Gasteiger partial charge in [-0.2, -0.15) is 0 Å².